The molecular weight excluding hydrogens is 245 g/mol. The van der Waals surface area contributed by atoms with Gasteiger partial charge in [0.1, 0.15) is 11.5 Å². The Labute approximate surface area is 98.3 Å². The molecule has 7 heteroatoms. The van der Waals surface area contributed by atoms with E-state index in [0.29, 0.717) is 5.65 Å². The van der Waals surface area contributed by atoms with Crippen LogP contribution in [0.1, 0.15) is 26.6 Å². The molecule has 0 spiro atoms. The van der Waals surface area contributed by atoms with Crippen molar-refractivity contribution in [1.29, 1.82) is 0 Å². The SMILES string of the molecule is CC(C)(C)c1nc(S(=O)(=O)F)c2cc[nH]c2n1. The molecule has 0 aliphatic heterocycles. The van der Waals surface area contributed by atoms with E-state index in [-0.39, 0.29) is 11.2 Å². The van der Waals surface area contributed by atoms with Gasteiger partial charge in [0.15, 0.2) is 5.03 Å². The van der Waals surface area contributed by atoms with Crippen LogP contribution in [0.25, 0.3) is 11.0 Å². The van der Waals surface area contributed by atoms with Crippen molar-refractivity contribution in [3.63, 3.8) is 0 Å². The van der Waals surface area contributed by atoms with Crippen LogP contribution in [0.5, 0.6) is 0 Å². The summed E-state index contributed by atoms with van der Waals surface area (Å²) >= 11 is 0. The molecular formula is C10H12FN3O2S. The molecule has 2 aromatic rings. The smallest absolute Gasteiger partial charge is 0.346 e. The number of halogens is 1. The monoisotopic (exact) mass is 257 g/mol. The Morgan fingerprint density at radius 3 is 2.47 bits per heavy atom. The van der Waals surface area contributed by atoms with Crippen molar-refractivity contribution in [2.45, 2.75) is 31.2 Å². The predicted octanol–water partition coefficient (Wildman–Crippen LogP) is 1.91. The number of aromatic nitrogens is 3. The average molecular weight is 257 g/mol. The molecule has 92 valence electrons. The minimum Gasteiger partial charge on any atom is -0.346 e. The largest absolute Gasteiger partial charge is 0.350 e. The summed E-state index contributed by atoms with van der Waals surface area (Å²) in [6.07, 6.45) is 1.50. The maximum atomic E-state index is 13.2. The van der Waals surface area contributed by atoms with Gasteiger partial charge in [-0.05, 0) is 6.07 Å². The van der Waals surface area contributed by atoms with E-state index < -0.39 is 20.7 Å². The van der Waals surface area contributed by atoms with Crippen LogP contribution >= 0.6 is 0 Å². The van der Waals surface area contributed by atoms with Crippen molar-refractivity contribution in [3.05, 3.63) is 18.1 Å². The van der Waals surface area contributed by atoms with Crippen LogP contribution in [-0.2, 0) is 15.6 Å². The van der Waals surface area contributed by atoms with Crippen LogP contribution in [0, 0.1) is 0 Å². The van der Waals surface area contributed by atoms with Crippen molar-refractivity contribution in [2.24, 2.45) is 0 Å². The Morgan fingerprint density at radius 1 is 1.29 bits per heavy atom. The first-order valence-electron chi connectivity index (χ1n) is 5.00. The maximum Gasteiger partial charge on any atom is 0.350 e. The predicted molar refractivity (Wildman–Crippen MR) is 60.9 cm³/mol. The Hall–Kier alpha value is -1.50. The summed E-state index contributed by atoms with van der Waals surface area (Å²) in [6, 6.07) is 1.44. The molecule has 1 N–H and O–H groups in total. The summed E-state index contributed by atoms with van der Waals surface area (Å²) in [5.41, 5.74) is -0.139. The van der Waals surface area contributed by atoms with Crippen molar-refractivity contribution >= 4 is 21.3 Å². The lowest BCUT2D eigenvalue weighted by Crippen LogP contribution is -2.17. The first kappa shape index (κ1) is 12.0. The lowest BCUT2D eigenvalue weighted by Gasteiger charge is -2.16. The topological polar surface area (TPSA) is 75.7 Å². The van der Waals surface area contributed by atoms with Gasteiger partial charge in [0, 0.05) is 11.6 Å². The summed E-state index contributed by atoms with van der Waals surface area (Å²) in [5.74, 6) is 0.281. The van der Waals surface area contributed by atoms with E-state index in [9.17, 15) is 12.3 Å². The van der Waals surface area contributed by atoms with Gasteiger partial charge in [-0.25, -0.2) is 9.97 Å². The normalized spacial score (nSPS) is 13.2. The van der Waals surface area contributed by atoms with E-state index in [0.717, 1.165) is 0 Å². The summed E-state index contributed by atoms with van der Waals surface area (Å²) in [4.78, 5) is 10.8. The summed E-state index contributed by atoms with van der Waals surface area (Å²) in [6.45, 7) is 5.48. The van der Waals surface area contributed by atoms with E-state index in [4.69, 9.17) is 0 Å². The van der Waals surface area contributed by atoms with Gasteiger partial charge in [0.2, 0.25) is 0 Å². The fraction of sp³-hybridized carbons (Fsp3) is 0.400. The second kappa shape index (κ2) is 3.49. The number of fused-ring (bicyclic) bond motifs is 1. The highest BCUT2D eigenvalue weighted by atomic mass is 32.3. The third kappa shape index (κ3) is 2.14. The number of hydrogen-bond donors (Lipinski definition) is 1. The van der Waals surface area contributed by atoms with E-state index in [1.54, 1.807) is 0 Å². The molecule has 0 aliphatic rings. The van der Waals surface area contributed by atoms with E-state index in [1.807, 2.05) is 20.8 Å². The van der Waals surface area contributed by atoms with Crippen molar-refractivity contribution < 1.29 is 12.3 Å². The van der Waals surface area contributed by atoms with Gasteiger partial charge in [-0.2, -0.15) is 8.42 Å². The Balaban J connectivity index is 2.86. The molecule has 0 bridgehead atoms. The molecule has 0 saturated heterocycles. The highest BCUT2D eigenvalue weighted by Gasteiger charge is 2.25. The molecule has 2 aromatic heterocycles. The molecule has 2 rings (SSSR count). The molecule has 0 fully saturated rings. The minimum absolute atomic E-state index is 0.167. The van der Waals surface area contributed by atoms with Crippen LogP contribution in [0.2, 0.25) is 0 Å². The molecule has 0 amide bonds. The van der Waals surface area contributed by atoms with Gasteiger partial charge in [-0.3, -0.25) is 0 Å². The number of hydrogen-bond acceptors (Lipinski definition) is 4. The first-order chi connectivity index (χ1) is 7.69. The van der Waals surface area contributed by atoms with Gasteiger partial charge >= 0.3 is 10.2 Å². The Bertz CT molecular complexity index is 670. The van der Waals surface area contributed by atoms with Crippen LogP contribution in [0.3, 0.4) is 0 Å². The number of aromatic amines is 1. The van der Waals surface area contributed by atoms with Crippen molar-refractivity contribution in [1.82, 2.24) is 15.0 Å². The second-order valence-electron chi connectivity index (χ2n) is 4.78. The van der Waals surface area contributed by atoms with Gasteiger partial charge in [0.25, 0.3) is 0 Å². The van der Waals surface area contributed by atoms with Gasteiger partial charge in [0.05, 0.1) is 5.39 Å². The minimum atomic E-state index is -4.85. The second-order valence-corrected chi connectivity index (χ2v) is 6.04. The highest BCUT2D eigenvalue weighted by Crippen LogP contribution is 2.25. The molecule has 0 radical (unpaired) electrons. The Kier molecular flexibility index (Phi) is 2.46. The van der Waals surface area contributed by atoms with E-state index >= 15 is 0 Å². The quantitative estimate of drug-likeness (QED) is 0.625. The molecule has 2 heterocycles. The van der Waals surface area contributed by atoms with Crippen molar-refractivity contribution in [3.8, 4) is 0 Å². The fourth-order valence-corrected chi connectivity index (χ4v) is 2.06. The summed E-state index contributed by atoms with van der Waals surface area (Å²) < 4.78 is 35.3. The van der Waals surface area contributed by atoms with E-state index in [1.165, 1.54) is 12.3 Å². The van der Waals surface area contributed by atoms with Crippen molar-refractivity contribution in [2.75, 3.05) is 0 Å². The number of nitrogens with one attached hydrogen (secondary N) is 1. The highest BCUT2D eigenvalue weighted by molar-refractivity contribution is 7.86. The number of H-pyrrole nitrogens is 1. The summed E-state index contributed by atoms with van der Waals surface area (Å²) in [5, 5.41) is -0.408. The fourth-order valence-electron chi connectivity index (χ4n) is 1.43. The molecule has 17 heavy (non-hydrogen) atoms. The maximum absolute atomic E-state index is 13.2. The van der Waals surface area contributed by atoms with Crippen LogP contribution in [0.15, 0.2) is 17.3 Å². The van der Waals surface area contributed by atoms with Gasteiger partial charge in [-0.1, -0.05) is 24.7 Å². The lowest BCUT2D eigenvalue weighted by atomic mass is 9.96. The third-order valence-electron chi connectivity index (χ3n) is 2.28. The zero-order valence-corrected chi connectivity index (χ0v) is 10.5. The first-order valence-corrected chi connectivity index (χ1v) is 6.38. The zero-order chi connectivity index (χ0) is 12.8. The number of nitrogens with zero attached hydrogens (tertiary/aromatic N) is 2. The molecule has 0 unspecified atom stereocenters. The Morgan fingerprint density at radius 2 is 1.94 bits per heavy atom. The zero-order valence-electron chi connectivity index (χ0n) is 9.65. The summed E-state index contributed by atoms with van der Waals surface area (Å²) in [7, 11) is -4.85. The van der Waals surface area contributed by atoms with Crippen LogP contribution in [0.4, 0.5) is 3.89 Å². The lowest BCUT2D eigenvalue weighted by molar-refractivity contribution is 0.527. The number of rotatable bonds is 1. The van der Waals surface area contributed by atoms with Crippen LogP contribution in [-0.4, -0.2) is 23.4 Å². The molecule has 0 aliphatic carbocycles. The standard InChI is InChI=1S/C10H12FN3O2S/c1-10(2,3)9-13-7-6(4-5-12-7)8(14-9)17(11,15)16/h4-5H,1-3H3,(H,12,13,14). The average Bonchev–Trinajstić information content (AvgIpc) is 2.59. The molecule has 0 aromatic carbocycles. The van der Waals surface area contributed by atoms with Gasteiger partial charge in [-0.15, -0.1) is 0 Å². The van der Waals surface area contributed by atoms with E-state index in [2.05, 4.69) is 15.0 Å². The molecule has 0 saturated carbocycles. The third-order valence-corrected chi connectivity index (χ3v) is 3.06. The molecule has 5 nitrogen and oxygen atoms in total. The van der Waals surface area contributed by atoms with Gasteiger partial charge < -0.3 is 4.98 Å². The molecule has 0 atom stereocenters. The van der Waals surface area contributed by atoms with Crippen LogP contribution < -0.4 is 0 Å².